The number of hydrogen-bond acceptors (Lipinski definition) is 4. The van der Waals surface area contributed by atoms with Gasteiger partial charge in [-0.15, -0.1) is 0 Å². The van der Waals surface area contributed by atoms with E-state index in [0.717, 1.165) is 16.3 Å². The van der Waals surface area contributed by atoms with E-state index in [0.29, 0.717) is 18.0 Å². The van der Waals surface area contributed by atoms with Gasteiger partial charge in [-0.25, -0.2) is 0 Å². The fraction of sp³-hybridized carbons (Fsp3) is 0.167. The van der Waals surface area contributed by atoms with Gasteiger partial charge in [-0.2, -0.15) is 0 Å². The average Bonchev–Trinajstić information content (AvgIpc) is 2.77. The molecule has 1 aliphatic rings. The minimum absolute atomic E-state index is 0.219. The molecule has 4 nitrogen and oxygen atoms in total. The summed E-state index contributed by atoms with van der Waals surface area (Å²) in [5.41, 5.74) is 6.44. The van der Waals surface area contributed by atoms with Crippen LogP contribution in [0.5, 0.6) is 17.2 Å². The fourth-order valence-corrected chi connectivity index (χ4v) is 1.96. The zero-order valence-corrected chi connectivity index (χ0v) is 8.56. The summed E-state index contributed by atoms with van der Waals surface area (Å²) in [7, 11) is 0. The van der Waals surface area contributed by atoms with Gasteiger partial charge < -0.3 is 20.3 Å². The van der Waals surface area contributed by atoms with Crippen molar-refractivity contribution >= 4 is 10.8 Å². The lowest BCUT2D eigenvalue weighted by Crippen LogP contribution is -1.96. The highest BCUT2D eigenvalue weighted by Gasteiger charge is 2.18. The van der Waals surface area contributed by atoms with E-state index in [-0.39, 0.29) is 12.5 Å². The summed E-state index contributed by atoms with van der Waals surface area (Å²) in [5.74, 6) is 1.61. The fourth-order valence-electron chi connectivity index (χ4n) is 1.96. The van der Waals surface area contributed by atoms with E-state index < -0.39 is 0 Å². The maximum atomic E-state index is 9.86. The molecule has 82 valence electrons. The van der Waals surface area contributed by atoms with Crippen molar-refractivity contribution in [2.75, 3.05) is 6.79 Å². The van der Waals surface area contributed by atoms with Crippen LogP contribution in [0.1, 0.15) is 5.56 Å². The van der Waals surface area contributed by atoms with Crippen LogP contribution in [0.15, 0.2) is 24.3 Å². The van der Waals surface area contributed by atoms with E-state index in [1.165, 1.54) is 0 Å². The molecule has 0 saturated carbocycles. The van der Waals surface area contributed by atoms with E-state index >= 15 is 0 Å². The molecule has 0 radical (unpaired) electrons. The van der Waals surface area contributed by atoms with Gasteiger partial charge in [0.15, 0.2) is 11.5 Å². The molecule has 0 saturated heterocycles. The second-order valence-corrected chi connectivity index (χ2v) is 3.71. The molecule has 3 N–H and O–H groups in total. The second kappa shape index (κ2) is 3.28. The summed E-state index contributed by atoms with van der Waals surface area (Å²) in [6.07, 6.45) is 0. The van der Waals surface area contributed by atoms with Crippen LogP contribution in [-0.2, 0) is 6.54 Å². The zero-order chi connectivity index (χ0) is 11.1. The normalized spacial score (nSPS) is 13.3. The number of phenols is 1. The Morgan fingerprint density at radius 2 is 2.06 bits per heavy atom. The van der Waals surface area contributed by atoms with Gasteiger partial charge in [-0.3, -0.25) is 0 Å². The maximum absolute atomic E-state index is 9.86. The third-order valence-electron chi connectivity index (χ3n) is 2.74. The molecule has 0 aromatic heterocycles. The molecule has 0 aliphatic carbocycles. The lowest BCUT2D eigenvalue weighted by molar-refractivity contribution is 0.175. The van der Waals surface area contributed by atoms with Gasteiger partial charge >= 0.3 is 0 Å². The smallest absolute Gasteiger partial charge is 0.231 e. The molecule has 1 aliphatic heterocycles. The molecule has 2 aromatic carbocycles. The van der Waals surface area contributed by atoms with E-state index in [4.69, 9.17) is 15.2 Å². The van der Waals surface area contributed by atoms with Crippen molar-refractivity contribution in [2.45, 2.75) is 6.54 Å². The first kappa shape index (κ1) is 9.30. The van der Waals surface area contributed by atoms with E-state index in [1.807, 2.05) is 12.1 Å². The van der Waals surface area contributed by atoms with Crippen LogP contribution in [-0.4, -0.2) is 11.9 Å². The number of benzene rings is 2. The summed E-state index contributed by atoms with van der Waals surface area (Å²) in [6.45, 7) is 0.607. The summed E-state index contributed by atoms with van der Waals surface area (Å²) < 4.78 is 10.7. The van der Waals surface area contributed by atoms with Crippen molar-refractivity contribution in [1.29, 1.82) is 0 Å². The SMILES string of the molecule is NCc1cc(O)c2ccc3c(c2c1)OCO3. The largest absolute Gasteiger partial charge is 0.507 e. The molecule has 0 fully saturated rings. The monoisotopic (exact) mass is 217 g/mol. The second-order valence-electron chi connectivity index (χ2n) is 3.71. The molecule has 16 heavy (non-hydrogen) atoms. The predicted molar refractivity (Wildman–Crippen MR) is 59.6 cm³/mol. The van der Waals surface area contributed by atoms with Gasteiger partial charge in [0.2, 0.25) is 6.79 Å². The molecule has 0 amide bonds. The summed E-state index contributed by atoms with van der Waals surface area (Å²) in [4.78, 5) is 0. The number of nitrogens with two attached hydrogens (primary N) is 1. The highest BCUT2D eigenvalue weighted by Crippen LogP contribution is 2.42. The Bertz CT molecular complexity index is 566. The number of aromatic hydroxyl groups is 1. The third kappa shape index (κ3) is 1.20. The highest BCUT2D eigenvalue weighted by atomic mass is 16.7. The molecule has 2 aromatic rings. The van der Waals surface area contributed by atoms with Crippen molar-refractivity contribution in [2.24, 2.45) is 5.73 Å². The number of phenolic OH excluding ortho intramolecular Hbond substituents is 1. The minimum atomic E-state index is 0.219. The van der Waals surface area contributed by atoms with Crippen molar-refractivity contribution in [1.82, 2.24) is 0 Å². The standard InChI is InChI=1S/C12H11NO3/c13-5-7-3-9-8(10(14)4-7)1-2-11-12(9)16-6-15-11/h1-4,14H,5-6,13H2. The lowest BCUT2D eigenvalue weighted by Gasteiger charge is -2.07. The molecule has 0 unspecified atom stereocenters. The number of fused-ring (bicyclic) bond motifs is 3. The maximum Gasteiger partial charge on any atom is 0.231 e. The van der Waals surface area contributed by atoms with Gasteiger partial charge in [-0.05, 0) is 29.8 Å². The Labute approximate surface area is 92.2 Å². The van der Waals surface area contributed by atoms with Crippen molar-refractivity contribution in [3.05, 3.63) is 29.8 Å². The van der Waals surface area contributed by atoms with Crippen LogP contribution < -0.4 is 15.2 Å². The predicted octanol–water partition coefficient (Wildman–Crippen LogP) is 1.73. The third-order valence-corrected chi connectivity index (χ3v) is 2.74. The van der Waals surface area contributed by atoms with Crippen LogP contribution in [0.4, 0.5) is 0 Å². The van der Waals surface area contributed by atoms with Gasteiger partial charge in [0.05, 0.1) is 0 Å². The van der Waals surface area contributed by atoms with Gasteiger partial charge in [0.25, 0.3) is 0 Å². The van der Waals surface area contributed by atoms with Crippen LogP contribution in [0.2, 0.25) is 0 Å². The summed E-state index contributed by atoms with van der Waals surface area (Å²) >= 11 is 0. The zero-order valence-electron chi connectivity index (χ0n) is 8.56. The minimum Gasteiger partial charge on any atom is -0.507 e. The average molecular weight is 217 g/mol. The first-order valence-electron chi connectivity index (χ1n) is 5.04. The van der Waals surface area contributed by atoms with Crippen LogP contribution in [0.3, 0.4) is 0 Å². The Morgan fingerprint density at radius 1 is 1.19 bits per heavy atom. The summed E-state index contributed by atoms with van der Waals surface area (Å²) in [6, 6.07) is 7.21. The molecule has 3 rings (SSSR count). The van der Waals surface area contributed by atoms with Gasteiger partial charge in [0.1, 0.15) is 5.75 Å². The number of hydrogen-bond donors (Lipinski definition) is 2. The Kier molecular flexibility index (Phi) is 1.91. The van der Waals surface area contributed by atoms with Crippen molar-refractivity contribution < 1.29 is 14.6 Å². The molecule has 0 bridgehead atoms. The van der Waals surface area contributed by atoms with Crippen LogP contribution >= 0.6 is 0 Å². The van der Waals surface area contributed by atoms with Crippen molar-refractivity contribution in [3.63, 3.8) is 0 Å². The Hall–Kier alpha value is -1.94. The Balaban J connectivity index is 2.37. The molecule has 0 atom stereocenters. The van der Waals surface area contributed by atoms with Crippen LogP contribution in [0, 0.1) is 0 Å². The number of rotatable bonds is 1. The van der Waals surface area contributed by atoms with Crippen molar-refractivity contribution in [3.8, 4) is 17.2 Å². The quantitative estimate of drug-likeness (QED) is 0.763. The summed E-state index contributed by atoms with van der Waals surface area (Å²) in [5, 5.41) is 11.5. The number of ether oxygens (including phenoxy) is 2. The first-order chi connectivity index (χ1) is 7.79. The molecule has 1 heterocycles. The van der Waals surface area contributed by atoms with E-state index in [9.17, 15) is 5.11 Å². The van der Waals surface area contributed by atoms with E-state index in [2.05, 4.69) is 0 Å². The molecule has 0 spiro atoms. The van der Waals surface area contributed by atoms with Gasteiger partial charge in [0, 0.05) is 17.3 Å². The van der Waals surface area contributed by atoms with E-state index in [1.54, 1.807) is 12.1 Å². The first-order valence-corrected chi connectivity index (χ1v) is 5.04. The Morgan fingerprint density at radius 3 is 2.88 bits per heavy atom. The highest BCUT2D eigenvalue weighted by molar-refractivity contribution is 5.95. The van der Waals surface area contributed by atoms with Crippen LogP contribution in [0.25, 0.3) is 10.8 Å². The lowest BCUT2D eigenvalue weighted by atomic mass is 10.0. The van der Waals surface area contributed by atoms with Gasteiger partial charge in [-0.1, -0.05) is 0 Å². The molecular weight excluding hydrogens is 206 g/mol. The topological polar surface area (TPSA) is 64.7 Å². The molecular formula is C12H11NO3. The molecule has 4 heteroatoms.